The van der Waals surface area contributed by atoms with E-state index in [9.17, 15) is 0 Å². The molecular weight excluding hydrogens is 212 g/mol. The van der Waals surface area contributed by atoms with Gasteiger partial charge in [-0.15, -0.1) is 0 Å². The van der Waals surface area contributed by atoms with Crippen molar-refractivity contribution < 1.29 is 9.47 Å². The molecule has 0 N–H and O–H groups in total. The van der Waals surface area contributed by atoms with Gasteiger partial charge in [0.05, 0.1) is 12.7 Å². The molecule has 2 aliphatic rings. The van der Waals surface area contributed by atoms with Crippen LogP contribution in [0.25, 0.3) is 0 Å². The van der Waals surface area contributed by atoms with Crippen molar-refractivity contribution in [3.05, 3.63) is 0 Å². The zero-order chi connectivity index (χ0) is 12.3. The quantitative estimate of drug-likeness (QED) is 0.730. The molecular formula is C15H28O2. The van der Waals surface area contributed by atoms with Gasteiger partial charge in [-0.05, 0) is 49.4 Å². The highest BCUT2D eigenvalue weighted by Gasteiger charge is 2.45. The summed E-state index contributed by atoms with van der Waals surface area (Å²) in [6.45, 7) is 3.40. The molecule has 0 radical (unpaired) electrons. The zero-order valence-electron chi connectivity index (χ0n) is 11.7. The molecule has 0 bridgehead atoms. The predicted molar refractivity (Wildman–Crippen MR) is 70.1 cm³/mol. The highest BCUT2D eigenvalue weighted by molar-refractivity contribution is 4.94. The summed E-state index contributed by atoms with van der Waals surface area (Å²) < 4.78 is 11.1. The second-order valence-electron chi connectivity index (χ2n) is 6.29. The topological polar surface area (TPSA) is 18.5 Å². The Hall–Kier alpha value is -0.0800. The molecule has 17 heavy (non-hydrogen) atoms. The smallest absolute Gasteiger partial charge is 0.0574 e. The van der Waals surface area contributed by atoms with Gasteiger partial charge in [0.2, 0.25) is 0 Å². The fraction of sp³-hybridized carbons (Fsp3) is 1.00. The van der Waals surface area contributed by atoms with Gasteiger partial charge in [-0.1, -0.05) is 19.8 Å². The van der Waals surface area contributed by atoms with Crippen molar-refractivity contribution in [1.29, 1.82) is 0 Å². The molecule has 0 aromatic heterocycles. The van der Waals surface area contributed by atoms with Gasteiger partial charge < -0.3 is 9.47 Å². The molecule has 2 heteroatoms. The van der Waals surface area contributed by atoms with Gasteiger partial charge in [0.1, 0.15) is 0 Å². The van der Waals surface area contributed by atoms with Gasteiger partial charge in [0.25, 0.3) is 0 Å². The first-order chi connectivity index (χ1) is 8.20. The minimum atomic E-state index is 0.387. The second kappa shape index (κ2) is 5.71. The Morgan fingerprint density at radius 2 is 1.71 bits per heavy atom. The lowest BCUT2D eigenvalue weighted by atomic mass is 9.67. The predicted octanol–water partition coefficient (Wildman–Crippen LogP) is 3.64. The third kappa shape index (κ3) is 2.68. The summed E-state index contributed by atoms with van der Waals surface area (Å²) in [5, 5.41) is 0. The molecule has 2 saturated carbocycles. The van der Waals surface area contributed by atoms with Gasteiger partial charge in [-0.2, -0.15) is 0 Å². The van der Waals surface area contributed by atoms with Crippen LogP contribution in [0.4, 0.5) is 0 Å². The SMILES string of the molecule is COCC(C)(C1CCCC1)C1CCC(OC)C1. The number of hydrogen-bond acceptors (Lipinski definition) is 2. The van der Waals surface area contributed by atoms with E-state index < -0.39 is 0 Å². The maximum Gasteiger partial charge on any atom is 0.0574 e. The fourth-order valence-electron chi connectivity index (χ4n) is 4.22. The fourth-order valence-corrected chi connectivity index (χ4v) is 4.22. The Bertz CT molecular complexity index is 235. The summed E-state index contributed by atoms with van der Waals surface area (Å²) in [4.78, 5) is 0. The van der Waals surface area contributed by atoms with Gasteiger partial charge in [0, 0.05) is 14.2 Å². The van der Waals surface area contributed by atoms with Crippen molar-refractivity contribution in [3.8, 4) is 0 Å². The van der Waals surface area contributed by atoms with Gasteiger partial charge in [-0.25, -0.2) is 0 Å². The van der Waals surface area contributed by atoms with Crippen LogP contribution in [0.15, 0.2) is 0 Å². The Morgan fingerprint density at radius 3 is 2.24 bits per heavy atom. The first kappa shape index (κ1) is 13.4. The number of rotatable bonds is 5. The minimum Gasteiger partial charge on any atom is -0.384 e. The van der Waals surface area contributed by atoms with E-state index in [1.165, 1.54) is 44.9 Å². The number of methoxy groups -OCH3 is 2. The Balaban J connectivity index is 2.05. The molecule has 2 fully saturated rings. The van der Waals surface area contributed by atoms with Crippen LogP contribution in [0.5, 0.6) is 0 Å². The maximum absolute atomic E-state index is 5.56. The van der Waals surface area contributed by atoms with E-state index in [1.54, 1.807) is 0 Å². The van der Waals surface area contributed by atoms with E-state index in [4.69, 9.17) is 9.47 Å². The Kier molecular flexibility index (Phi) is 4.48. The summed E-state index contributed by atoms with van der Waals surface area (Å²) in [5.41, 5.74) is 0.387. The Labute approximate surface area is 106 Å². The van der Waals surface area contributed by atoms with E-state index >= 15 is 0 Å². The highest BCUT2D eigenvalue weighted by Crippen LogP contribution is 2.50. The van der Waals surface area contributed by atoms with Crippen molar-refractivity contribution in [1.82, 2.24) is 0 Å². The van der Waals surface area contributed by atoms with Crippen LogP contribution in [-0.2, 0) is 9.47 Å². The lowest BCUT2D eigenvalue weighted by molar-refractivity contribution is -0.00652. The van der Waals surface area contributed by atoms with E-state index in [2.05, 4.69) is 6.92 Å². The van der Waals surface area contributed by atoms with Crippen molar-refractivity contribution in [2.75, 3.05) is 20.8 Å². The normalized spacial score (nSPS) is 34.1. The molecule has 2 nitrogen and oxygen atoms in total. The standard InChI is InChI=1S/C15H28O2/c1-15(11-16-2,12-6-4-5-7-12)13-8-9-14(10-13)17-3/h12-14H,4-11H2,1-3H3. The van der Waals surface area contributed by atoms with Gasteiger partial charge in [-0.3, -0.25) is 0 Å². The highest BCUT2D eigenvalue weighted by atomic mass is 16.5. The third-order valence-corrected chi connectivity index (χ3v) is 5.39. The van der Waals surface area contributed by atoms with Crippen molar-refractivity contribution in [3.63, 3.8) is 0 Å². The van der Waals surface area contributed by atoms with Gasteiger partial charge in [0.15, 0.2) is 0 Å². The summed E-state index contributed by atoms with van der Waals surface area (Å²) in [7, 11) is 3.71. The van der Waals surface area contributed by atoms with Crippen molar-refractivity contribution in [2.24, 2.45) is 17.3 Å². The molecule has 2 aliphatic carbocycles. The monoisotopic (exact) mass is 240 g/mol. The molecule has 0 saturated heterocycles. The van der Waals surface area contributed by atoms with Crippen LogP contribution in [0.2, 0.25) is 0 Å². The van der Waals surface area contributed by atoms with Crippen molar-refractivity contribution >= 4 is 0 Å². The van der Waals surface area contributed by atoms with Crippen LogP contribution in [-0.4, -0.2) is 26.9 Å². The Morgan fingerprint density at radius 1 is 1.00 bits per heavy atom. The maximum atomic E-state index is 5.56. The molecule has 0 amide bonds. The summed E-state index contributed by atoms with van der Waals surface area (Å²) in [6.07, 6.45) is 9.98. The lowest BCUT2D eigenvalue weighted by Gasteiger charge is -2.40. The van der Waals surface area contributed by atoms with Crippen LogP contribution < -0.4 is 0 Å². The molecule has 0 aromatic carbocycles. The van der Waals surface area contributed by atoms with Crippen LogP contribution in [0, 0.1) is 17.3 Å². The summed E-state index contributed by atoms with van der Waals surface area (Å²) in [6, 6.07) is 0. The zero-order valence-corrected chi connectivity index (χ0v) is 11.7. The average Bonchev–Trinajstić information content (AvgIpc) is 3.01. The lowest BCUT2D eigenvalue weighted by Crippen LogP contribution is -2.37. The van der Waals surface area contributed by atoms with Crippen LogP contribution in [0.1, 0.15) is 51.9 Å². The van der Waals surface area contributed by atoms with Crippen LogP contribution >= 0.6 is 0 Å². The molecule has 3 unspecified atom stereocenters. The molecule has 0 spiro atoms. The minimum absolute atomic E-state index is 0.387. The average molecular weight is 240 g/mol. The second-order valence-corrected chi connectivity index (χ2v) is 6.29. The summed E-state index contributed by atoms with van der Waals surface area (Å²) in [5.74, 6) is 1.68. The van der Waals surface area contributed by atoms with E-state index in [0.717, 1.165) is 18.4 Å². The van der Waals surface area contributed by atoms with Gasteiger partial charge >= 0.3 is 0 Å². The molecule has 3 atom stereocenters. The van der Waals surface area contributed by atoms with E-state index in [-0.39, 0.29) is 0 Å². The molecule has 0 aliphatic heterocycles. The van der Waals surface area contributed by atoms with E-state index in [0.29, 0.717) is 11.5 Å². The first-order valence-electron chi connectivity index (χ1n) is 7.22. The van der Waals surface area contributed by atoms with Crippen LogP contribution in [0.3, 0.4) is 0 Å². The first-order valence-corrected chi connectivity index (χ1v) is 7.22. The molecule has 100 valence electrons. The molecule has 2 rings (SSSR count). The largest absolute Gasteiger partial charge is 0.384 e. The van der Waals surface area contributed by atoms with E-state index in [1.807, 2.05) is 14.2 Å². The number of hydrogen-bond donors (Lipinski definition) is 0. The molecule has 0 aromatic rings. The molecule has 0 heterocycles. The van der Waals surface area contributed by atoms with Crippen molar-refractivity contribution in [2.45, 2.75) is 58.0 Å². The third-order valence-electron chi connectivity index (χ3n) is 5.39. The number of ether oxygens (including phenoxy) is 2. The summed E-state index contributed by atoms with van der Waals surface area (Å²) >= 11 is 0.